The predicted molar refractivity (Wildman–Crippen MR) is 78.3 cm³/mol. The van der Waals surface area contributed by atoms with Crippen molar-refractivity contribution in [1.82, 2.24) is 0 Å². The fraction of sp³-hybridized carbons (Fsp3) is 0.533. The number of benzene rings is 1. The lowest BCUT2D eigenvalue weighted by Gasteiger charge is -2.36. The molecule has 19 heavy (non-hydrogen) atoms. The number of hydrogen-bond donors (Lipinski definition) is 2. The first kappa shape index (κ1) is 12.3. The molecule has 1 amide bonds. The highest BCUT2D eigenvalue weighted by Gasteiger charge is 2.42. The molecule has 1 heterocycles. The number of anilines is 3. The van der Waals surface area contributed by atoms with Crippen molar-refractivity contribution in [1.29, 1.82) is 0 Å². The lowest BCUT2D eigenvalue weighted by atomic mass is 9.73. The first-order valence-corrected chi connectivity index (χ1v) is 7.03. The largest absolute Gasteiger partial charge is 0.399 e. The van der Waals surface area contributed by atoms with Crippen LogP contribution in [0.3, 0.4) is 0 Å². The average molecular weight is 259 g/mol. The second-order valence-electron chi connectivity index (χ2n) is 5.93. The van der Waals surface area contributed by atoms with Crippen LogP contribution >= 0.6 is 0 Å². The number of nitrogens with two attached hydrogens (primary N) is 1. The lowest BCUT2D eigenvalue weighted by molar-refractivity contribution is -0.126. The number of fused-ring (bicyclic) bond motifs is 1. The number of hydrogen-bond acceptors (Lipinski definition) is 3. The van der Waals surface area contributed by atoms with Crippen molar-refractivity contribution >= 4 is 23.0 Å². The normalized spacial score (nSPS) is 21.7. The van der Waals surface area contributed by atoms with E-state index >= 15 is 0 Å². The van der Waals surface area contributed by atoms with Crippen LogP contribution in [0.4, 0.5) is 17.1 Å². The third-order valence-electron chi connectivity index (χ3n) is 4.51. The molecule has 4 heteroatoms. The van der Waals surface area contributed by atoms with E-state index in [0.717, 1.165) is 43.6 Å². The number of amides is 1. The Morgan fingerprint density at radius 2 is 2.00 bits per heavy atom. The summed E-state index contributed by atoms with van der Waals surface area (Å²) in [6.45, 7) is 0.801. The topological polar surface area (TPSA) is 58.4 Å². The Kier molecular flexibility index (Phi) is 2.88. The van der Waals surface area contributed by atoms with Gasteiger partial charge in [0, 0.05) is 19.3 Å². The molecule has 3 N–H and O–H groups in total. The third kappa shape index (κ3) is 2.05. The quantitative estimate of drug-likeness (QED) is 0.704. The van der Waals surface area contributed by atoms with Gasteiger partial charge in [0.15, 0.2) is 0 Å². The minimum Gasteiger partial charge on any atom is -0.399 e. The van der Waals surface area contributed by atoms with Gasteiger partial charge >= 0.3 is 0 Å². The van der Waals surface area contributed by atoms with E-state index in [1.165, 1.54) is 6.42 Å². The smallest absolute Gasteiger partial charge is 0.232 e. The summed E-state index contributed by atoms with van der Waals surface area (Å²) in [5.41, 5.74) is 8.19. The Morgan fingerprint density at radius 3 is 2.74 bits per heavy atom. The zero-order chi connectivity index (χ0) is 13.5. The first-order chi connectivity index (χ1) is 9.11. The molecule has 0 saturated heterocycles. The Bertz CT molecular complexity index is 506. The molecule has 1 aliphatic carbocycles. The van der Waals surface area contributed by atoms with E-state index in [1.54, 1.807) is 0 Å². The summed E-state index contributed by atoms with van der Waals surface area (Å²) < 4.78 is 0. The van der Waals surface area contributed by atoms with E-state index in [1.807, 2.05) is 18.2 Å². The Morgan fingerprint density at radius 1 is 1.26 bits per heavy atom. The molecule has 0 radical (unpaired) electrons. The highest BCUT2D eigenvalue weighted by molar-refractivity contribution is 6.00. The van der Waals surface area contributed by atoms with Crippen LogP contribution in [0.2, 0.25) is 0 Å². The second-order valence-corrected chi connectivity index (χ2v) is 5.93. The summed E-state index contributed by atoms with van der Waals surface area (Å²) in [4.78, 5) is 14.8. The van der Waals surface area contributed by atoms with Crippen LogP contribution in [0.1, 0.15) is 32.1 Å². The van der Waals surface area contributed by atoms with Crippen LogP contribution in [0.15, 0.2) is 18.2 Å². The third-order valence-corrected chi connectivity index (χ3v) is 4.51. The molecule has 0 atom stereocenters. The Labute approximate surface area is 114 Å². The molecule has 1 aliphatic heterocycles. The SMILES string of the molecule is CN1CC2(CCCCC2)C(=O)Nc2cc(N)ccc21. The molecule has 1 saturated carbocycles. The van der Waals surface area contributed by atoms with Gasteiger partial charge in [-0.2, -0.15) is 0 Å². The molecule has 2 aliphatic rings. The maximum Gasteiger partial charge on any atom is 0.232 e. The molecule has 1 aromatic carbocycles. The highest BCUT2D eigenvalue weighted by Crippen LogP contribution is 2.42. The summed E-state index contributed by atoms with van der Waals surface area (Å²) in [6, 6.07) is 5.73. The van der Waals surface area contributed by atoms with E-state index in [9.17, 15) is 4.79 Å². The van der Waals surface area contributed by atoms with Gasteiger partial charge in [-0.25, -0.2) is 0 Å². The van der Waals surface area contributed by atoms with Crippen LogP contribution in [0, 0.1) is 5.41 Å². The number of nitrogen functional groups attached to an aromatic ring is 1. The van der Waals surface area contributed by atoms with Crippen molar-refractivity contribution in [2.75, 3.05) is 29.5 Å². The van der Waals surface area contributed by atoms with Crippen LogP contribution in [-0.4, -0.2) is 19.5 Å². The summed E-state index contributed by atoms with van der Waals surface area (Å²) >= 11 is 0. The van der Waals surface area contributed by atoms with E-state index in [2.05, 4.69) is 17.3 Å². The maximum absolute atomic E-state index is 12.6. The number of nitrogens with zero attached hydrogens (tertiary/aromatic N) is 1. The maximum atomic E-state index is 12.6. The van der Waals surface area contributed by atoms with Crippen molar-refractivity contribution in [2.45, 2.75) is 32.1 Å². The number of carbonyl (C=O) groups is 1. The molecule has 3 rings (SSSR count). The molecular weight excluding hydrogens is 238 g/mol. The van der Waals surface area contributed by atoms with Crippen LogP contribution in [0.5, 0.6) is 0 Å². The van der Waals surface area contributed by atoms with Gasteiger partial charge in [-0.1, -0.05) is 19.3 Å². The van der Waals surface area contributed by atoms with Gasteiger partial charge in [-0.05, 0) is 31.0 Å². The van der Waals surface area contributed by atoms with Crippen LogP contribution in [-0.2, 0) is 4.79 Å². The standard InChI is InChI=1S/C15H21N3O/c1-18-10-15(7-3-2-4-8-15)14(19)17-12-9-11(16)5-6-13(12)18/h5-6,9H,2-4,7-8,10,16H2,1H3,(H,17,19). The van der Waals surface area contributed by atoms with Gasteiger partial charge in [-0.15, -0.1) is 0 Å². The summed E-state index contributed by atoms with van der Waals surface area (Å²) in [7, 11) is 2.06. The van der Waals surface area contributed by atoms with Gasteiger partial charge in [0.25, 0.3) is 0 Å². The van der Waals surface area contributed by atoms with Crippen molar-refractivity contribution < 1.29 is 4.79 Å². The zero-order valence-electron chi connectivity index (χ0n) is 11.4. The molecule has 1 spiro atoms. The van der Waals surface area contributed by atoms with E-state index in [0.29, 0.717) is 5.69 Å². The molecule has 1 fully saturated rings. The molecule has 4 nitrogen and oxygen atoms in total. The minimum absolute atomic E-state index is 0.170. The van der Waals surface area contributed by atoms with Gasteiger partial charge in [0.05, 0.1) is 16.8 Å². The number of rotatable bonds is 0. The average Bonchev–Trinajstić information content (AvgIpc) is 2.47. The molecule has 102 valence electrons. The van der Waals surface area contributed by atoms with E-state index in [4.69, 9.17) is 5.73 Å². The van der Waals surface area contributed by atoms with E-state index in [-0.39, 0.29) is 11.3 Å². The zero-order valence-corrected chi connectivity index (χ0v) is 11.4. The fourth-order valence-electron chi connectivity index (χ4n) is 3.47. The predicted octanol–water partition coefficient (Wildman–Crippen LogP) is 2.61. The lowest BCUT2D eigenvalue weighted by Crippen LogP contribution is -2.44. The molecule has 0 bridgehead atoms. The highest BCUT2D eigenvalue weighted by atomic mass is 16.2. The summed E-state index contributed by atoms with van der Waals surface area (Å²) in [5.74, 6) is 0.170. The number of nitrogens with one attached hydrogen (secondary N) is 1. The second kappa shape index (κ2) is 4.44. The van der Waals surface area contributed by atoms with Crippen molar-refractivity contribution in [3.63, 3.8) is 0 Å². The van der Waals surface area contributed by atoms with Crippen molar-refractivity contribution in [2.24, 2.45) is 5.41 Å². The monoisotopic (exact) mass is 259 g/mol. The fourth-order valence-corrected chi connectivity index (χ4v) is 3.47. The minimum atomic E-state index is -0.221. The van der Waals surface area contributed by atoms with Crippen molar-refractivity contribution in [3.8, 4) is 0 Å². The molecular formula is C15H21N3O. The Hall–Kier alpha value is -1.71. The van der Waals surface area contributed by atoms with Gasteiger partial charge in [0.2, 0.25) is 5.91 Å². The first-order valence-electron chi connectivity index (χ1n) is 7.03. The van der Waals surface area contributed by atoms with E-state index < -0.39 is 0 Å². The van der Waals surface area contributed by atoms with Crippen LogP contribution in [0.25, 0.3) is 0 Å². The molecule has 0 unspecified atom stereocenters. The Balaban J connectivity index is 1.99. The van der Waals surface area contributed by atoms with Gasteiger partial charge in [-0.3, -0.25) is 4.79 Å². The van der Waals surface area contributed by atoms with Gasteiger partial charge < -0.3 is 16.0 Å². The van der Waals surface area contributed by atoms with Gasteiger partial charge in [0.1, 0.15) is 0 Å². The summed E-state index contributed by atoms with van der Waals surface area (Å²) in [5, 5.41) is 3.09. The summed E-state index contributed by atoms with van der Waals surface area (Å²) in [6.07, 6.45) is 5.54. The van der Waals surface area contributed by atoms with Crippen LogP contribution < -0.4 is 16.0 Å². The van der Waals surface area contributed by atoms with Crippen molar-refractivity contribution in [3.05, 3.63) is 18.2 Å². The number of carbonyl (C=O) groups excluding carboxylic acids is 1. The molecule has 1 aromatic rings. The molecule has 0 aromatic heterocycles.